The fraction of sp³-hybridized carbons (Fsp3) is 0.143. The zero-order valence-corrected chi connectivity index (χ0v) is 20.2. The summed E-state index contributed by atoms with van der Waals surface area (Å²) in [6, 6.07) is 18.9. The molecule has 0 amide bonds. The lowest BCUT2D eigenvalue weighted by Gasteiger charge is -2.40. The van der Waals surface area contributed by atoms with Crippen LogP contribution in [-0.4, -0.2) is 39.1 Å². The number of benzene rings is 3. The Hall–Kier alpha value is -5.10. The average molecular weight is 495 g/mol. The smallest absolute Gasteiger partial charge is 0.355 e. The van der Waals surface area contributed by atoms with Crippen molar-refractivity contribution in [3.63, 3.8) is 0 Å². The molecule has 0 saturated heterocycles. The second-order valence-corrected chi connectivity index (χ2v) is 8.40. The van der Waals surface area contributed by atoms with E-state index in [0.717, 1.165) is 19.6 Å². The van der Waals surface area contributed by atoms with E-state index in [1.54, 1.807) is 48.5 Å². The molecule has 37 heavy (non-hydrogen) atoms. The Morgan fingerprint density at radius 3 is 2.19 bits per heavy atom. The zero-order valence-electron chi connectivity index (χ0n) is 20.2. The van der Waals surface area contributed by atoms with Crippen LogP contribution in [0.5, 0.6) is 5.75 Å². The largest absolute Gasteiger partial charge is 0.497 e. The number of carbonyl (C=O) groups excluding carboxylic acids is 3. The Bertz CT molecular complexity index is 1610. The number of Topliss-reactive ketones (excluding diaryl/α,β-unsaturated/α-hetero) is 1. The number of carbonyl (C=O) groups is 3. The first kappa shape index (κ1) is 23.6. The second-order valence-electron chi connectivity index (χ2n) is 8.40. The van der Waals surface area contributed by atoms with E-state index in [4.69, 9.17) is 19.9 Å². The van der Waals surface area contributed by atoms with Gasteiger partial charge in [-0.15, -0.1) is 0 Å². The van der Waals surface area contributed by atoms with Gasteiger partial charge in [-0.3, -0.25) is 9.69 Å². The molecular formula is C28H21N3O6. The number of allylic oxidation sites excluding steroid dienone is 1. The van der Waals surface area contributed by atoms with Crippen LogP contribution in [0.15, 0.2) is 83.3 Å². The van der Waals surface area contributed by atoms with E-state index in [-0.39, 0.29) is 22.7 Å². The van der Waals surface area contributed by atoms with Crippen molar-refractivity contribution in [3.05, 3.63) is 94.5 Å². The van der Waals surface area contributed by atoms with Gasteiger partial charge in [0, 0.05) is 11.3 Å². The number of methoxy groups -OCH3 is 3. The van der Waals surface area contributed by atoms with Crippen molar-refractivity contribution in [2.24, 2.45) is 5.73 Å². The molecule has 1 spiro atoms. The first-order valence-corrected chi connectivity index (χ1v) is 11.2. The van der Waals surface area contributed by atoms with Crippen LogP contribution in [0.1, 0.15) is 15.9 Å². The van der Waals surface area contributed by atoms with Gasteiger partial charge in [0.1, 0.15) is 28.8 Å². The lowest BCUT2D eigenvalue weighted by atomic mass is 9.65. The number of fused-ring (bicyclic) bond motifs is 1. The van der Waals surface area contributed by atoms with E-state index < -0.39 is 23.1 Å². The third kappa shape index (κ3) is 2.99. The van der Waals surface area contributed by atoms with Gasteiger partial charge >= 0.3 is 11.9 Å². The summed E-state index contributed by atoms with van der Waals surface area (Å²) < 4.78 is 15.4. The number of hydrogen-bond donors (Lipinski definition) is 1. The third-order valence-electron chi connectivity index (χ3n) is 6.81. The van der Waals surface area contributed by atoms with Crippen LogP contribution in [0.2, 0.25) is 0 Å². The molecule has 9 heteroatoms. The quantitative estimate of drug-likeness (QED) is 0.542. The second kappa shape index (κ2) is 8.53. The van der Waals surface area contributed by atoms with Crippen molar-refractivity contribution in [3.8, 4) is 11.8 Å². The van der Waals surface area contributed by atoms with Crippen LogP contribution in [0, 0.1) is 11.3 Å². The van der Waals surface area contributed by atoms with Gasteiger partial charge in [0.05, 0.1) is 32.5 Å². The molecule has 1 aliphatic carbocycles. The molecule has 2 N–H and O–H groups in total. The van der Waals surface area contributed by atoms with Crippen molar-refractivity contribution in [1.82, 2.24) is 0 Å². The molecule has 3 aromatic carbocycles. The van der Waals surface area contributed by atoms with E-state index in [1.165, 1.54) is 12.0 Å². The Labute approximate surface area is 211 Å². The maximum absolute atomic E-state index is 14.3. The summed E-state index contributed by atoms with van der Waals surface area (Å²) in [4.78, 5) is 42.5. The zero-order chi connectivity index (χ0) is 26.5. The van der Waals surface area contributed by atoms with Crippen molar-refractivity contribution in [1.29, 1.82) is 5.26 Å². The lowest BCUT2D eigenvalue weighted by Crippen LogP contribution is -2.50. The van der Waals surface area contributed by atoms with Gasteiger partial charge in [-0.2, -0.15) is 5.26 Å². The van der Waals surface area contributed by atoms with Crippen LogP contribution in [0.25, 0.3) is 10.8 Å². The summed E-state index contributed by atoms with van der Waals surface area (Å²) in [7, 11) is 3.78. The minimum Gasteiger partial charge on any atom is -0.497 e. The molecule has 0 unspecified atom stereocenters. The lowest BCUT2D eigenvalue weighted by molar-refractivity contribution is -0.139. The molecule has 1 aliphatic heterocycles. The van der Waals surface area contributed by atoms with Crippen LogP contribution in [0.4, 0.5) is 5.69 Å². The van der Waals surface area contributed by atoms with Crippen LogP contribution >= 0.6 is 0 Å². The highest BCUT2D eigenvalue weighted by molar-refractivity contribution is 6.28. The molecule has 1 heterocycles. The summed E-state index contributed by atoms with van der Waals surface area (Å²) in [6.07, 6.45) is 0. The van der Waals surface area contributed by atoms with Crippen LogP contribution in [-0.2, 0) is 24.5 Å². The molecule has 0 saturated carbocycles. The summed E-state index contributed by atoms with van der Waals surface area (Å²) in [5.74, 6) is -2.14. The van der Waals surface area contributed by atoms with Gasteiger partial charge in [-0.25, -0.2) is 9.59 Å². The molecule has 9 nitrogen and oxygen atoms in total. The molecule has 0 bridgehead atoms. The van der Waals surface area contributed by atoms with E-state index in [0.29, 0.717) is 28.0 Å². The van der Waals surface area contributed by atoms with Crippen molar-refractivity contribution in [2.75, 3.05) is 26.2 Å². The highest BCUT2D eigenvalue weighted by Crippen LogP contribution is 2.55. The first-order chi connectivity index (χ1) is 17.9. The highest BCUT2D eigenvalue weighted by atomic mass is 16.5. The van der Waals surface area contributed by atoms with Gasteiger partial charge in [-0.1, -0.05) is 36.4 Å². The molecule has 0 fully saturated rings. The number of ether oxygens (including phenoxy) is 3. The molecule has 1 atom stereocenters. The molecule has 5 rings (SSSR count). The van der Waals surface area contributed by atoms with E-state index in [9.17, 15) is 19.6 Å². The number of ketones is 1. The number of hydrogen-bond acceptors (Lipinski definition) is 9. The number of nitriles is 1. The monoisotopic (exact) mass is 495 g/mol. The van der Waals surface area contributed by atoms with Crippen LogP contribution in [0.3, 0.4) is 0 Å². The Morgan fingerprint density at radius 1 is 0.946 bits per heavy atom. The molecule has 3 aromatic rings. The topological polar surface area (TPSA) is 132 Å². The number of rotatable bonds is 4. The number of nitrogens with zero attached hydrogens (tertiary/aromatic N) is 2. The highest BCUT2D eigenvalue weighted by Gasteiger charge is 2.61. The van der Waals surface area contributed by atoms with Gasteiger partial charge < -0.3 is 19.9 Å². The van der Waals surface area contributed by atoms with Gasteiger partial charge in [0.2, 0.25) is 0 Å². The fourth-order valence-electron chi connectivity index (χ4n) is 5.28. The maximum Gasteiger partial charge on any atom is 0.355 e. The average Bonchev–Trinajstić information content (AvgIpc) is 3.18. The number of esters is 2. The summed E-state index contributed by atoms with van der Waals surface area (Å²) in [6.45, 7) is 0. The predicted molar refractivity (Wildman–Crippen MR) is 133 cm³/mol. The minimum absolute atomic E-state index is 0.195. The van der Waals surface area contributed by atoms with Crippen molar-refractivity contribution in [2.45, 2.75) is 5.41 Å². The third-order valence-corrected chi connectivity index (χ3v) is 6.81. The maximum atomic E-state index is 14.3. The Kier molecular flexibility index (Phi) is 5.45. The fourth-order valence-corrected chi connectivity index (χ4v) is 5.28. The molecule has 0 aromatic heterocycles. The summed E-state index contributed by atoms with van der Waals surface area (Å²) in [5, 5.41) is 11.8. The predicted octanol–water partition coefficient (Wildman–Crippen LogP) is 3.10. The van der Waals surface area contributed by atoms with Crippen molar-refractivity contribution < 1.29 is 28.6 Å². The van der Waals surface area contributed by atoms with E-state index in [1.807, 2.05) is 12.1 Å². The molecule has 0 radical (unpaired) electrons. The summed E-state index contributed by atoms with van der Waals surface area (Å²) >= 11 is 0. The van der Waals surface area contributed by atoms with Crippen molar-refractivity contribution >= 4 is 34.2 Å². The van der Waals surface area contributed by atoms with Gasteiger partial charge in [-0.05, 0) is 40.6 Å². The molecule has 2 aliphatic rings. The normalized spacial score (nSPS) is 18.3. The number of anilines is 1. The first-order valence-electron chi connectivity index (χ1n) is 11.2. The van der Waals surface area contributed by atoms with Crippen LogP contribution < -0.4 is 15.4 Å². The SMILES string of the molecule is COC(=O)C1=C(C(=O)OC)[C@@]2(C(=O)c3cccc4cccc2c34)C(C#N)=C(N)N1c1ccc(OC)cc1. The summed E-state index contributed by atoms with van der Waals surface area (Å²) in [5.41, 5.74) is 4.72. The minimum atomic E-state index is -2.01. The van der Waals surface area contributed by atoms with Gasteiger partial charge in [0.25, 0.3) is 0 Å². The molecular weight excluding hydrogens is 474 g/mol. The Balaban J connectivity index is 1.96. The standard InChI is InChI=1S/C28H21N3O6/c1-35-17-12-10-16(11-13-17)31-23(27(34)37-3)22(26(33)36-2)28(20(14-29)25(31)30)19-9-5-7-15-6-4-8-18(21(15)19)24(28)32/h4-13H,30H2,1-3H3/t28-/m0/s1. The number of nitrogens with two attached hydrogens (primary N) is 1. The van der Waals surface area contributed by atoms with E-state index >= 15 is 0 Å². The van der Waals surface area contributed by atoms with Gasteiger partial charge in [0.15, 0.2) is 5.78 Å². The van der Waals surface area contributed by atoms with E-state index in [2.05, 4.69) is 6.07 Å². The Morgan fingerprint density at radius 2 is 1.59 bits per heavy atom. The molecule has 184 valence electrons.